The molecular weight excluding hydrogens is 296 g/mol. The van der Waals surface area contributed by atoms with Crippen LogP contribution in [0, 0.1) is 0 Å². The normalized spacial score (nSPS) is 11.5. The van der Waals surface area contributed by atoms with Gasteiger partial charge in [0, 0.05) is 13.6 Å². The fourth-order valence-corrected chi connectivity index (χ4v) is 2.77. The quantitative estimate of drug-likeness (QED) is 0.592. The summed E-state index contributed by atoms with van der Waals surface area (Å²) in [7, 11) is 1.62. The number of hydrogen-bond acceptors (Lipinski definition) is 4. The van der Waals surface area contributed by atoms with Crippen molar-refractivity contribution in [1.29, 1.82) is 0 Å². The summed E-state index contributed by atoms with van der Waals surface area (Å²) in [6, 6.07) is 0. The van der Waals surface area contributed by atoms with Crippen LogP contribution in [0.25, 0.3) is 11.2 Å². The van der Waals surface area contributed by atoms with Crippen LogP contribution in [-0.4, -0.2) is 45.3 Å². The zero-order valence-electron chi connectivity index (χ0n) is 14.4. The Morgan fingerprint density at radius 1 is 1.22 bits per heavy atom. The van der Waals surface area contributed by atoms with Crippen LogP contribution in [0.15, 0.2) is 9.59 Å². The van der Waals surface area contributed by atoms with E-state index >= 15 is 0 Å². The monoisotopic (exact) mass is 323 g/mol. The number of imidazole rings is 1. The summed E-state index contributed by atoms with van der Waals surface area (Å²) in [6.45, 7) is 11.0. The molecule has 0 radical (unpaired) electrons. The first-order valence-electron chi connectivity index (χ1n) is 8.30. The lowest BCUT2D eigenvalue weighted by molar-refractivity contribution is -0.894. The number of nitrogens with one attached hydrogen (secondary N) is 3. The van der Waals surface area contributed by atoms with Crippen molar-refractivity contribution in [2.75, 3.05) is 31.5 Å². The molecular formula is C15H27N6O2+. The minimum Gasteiger partial charge on any atom is -0.350 e. The molecule has 0 unspecified atom stereocenters. The van der Waals surface area contributed by atoms with Crippen molar-refractivity contribution >= 4 is 17.1 Å². The van der Waals surface area contributed by atoms with Gasteiger partial charge in [-0.25, -0.2) is 4.79 Å². The lowest BCUT2D eigenvalue weighted by Crippen LogP contribution is -3.12. The minimum atomic E-state index is -0.442. The topological polar surface area (TPSA) is 89.2 Å². The Morgan fingerprint density at radius 2 is 1.91 bits per heavy atom. The molecule has 8 nitrogen and oxygen atoms in total. The largest absolute Gasteiger partial charge is 0.350 e. The summed E-state index contributed by atoms with van der Waals surface area (Å²) >= 11 is 0. The smallest absolute Gasteiger partial charge is 0.329 e. The highest BCUT2D eigenvalue weighted by Crippen LogP contribution is 2.15. The number of anilines is 1. The summed E-state index contributed by atoms with van der Waals surface area (Å²) in [4.78, 5) is 32.3. The molecule has 0 aromatic carbocycles. The molecule has 2 heterocycles. The molecule has 0 saturated heterocycles. The molecule has 0 aliphatic heterocycles. The van der Waals surface area contributed by atoms with Crippen molar-refractivity contribution in [3.05, 3.63) is 20.8 Å². The van der Waals surface area contributed by atoms with Gasteiger partial charge in [0.05, 0.1) is 26.2 Å². The molecule has 0 aliphatic rings. The number of rotatable bonds is 8. The highest BCUT2D eigenvalue weighted by molar-refractivity contribution is 5.74. The van der Waals surface area contributed by atoms with Crippen LogP contribution in [0.5, 0.6) is 0 Å². The van der Waals surface area contributed by atoms with Gasteiger partial charge in [-0.3, -0.25) is 14.3 Å². The lowest BCUT2D eigenvalue weighted by atomic mass is 10.4. The van der Waals surface area contributed by atoms with Crippen LogP contribution in [0.4, 0.5) is 5.95 Å². The first-order chi connectivity index (χ1) is 11.0. The number of hydrogen-bond donors (Lipinski definition) is 3. The predicted octanol–water partition coefficient (Wildman–Crippen LogP) is -0.830. The van der Waals surface area contributed by atoms with E-state index in [1.807, 2.05) is 11.5 Å². The number of quaternary nitrogens is 1. The van der Waals surface area contributed by atoms with Gasteiger partial charge in [0.15, 0.2) is 11.2 Å². The summed E-state index contributed by atoms with van der Waals surface area (Å²) in [6.07, 6.45) is 0.879. The number of fused-ring (bicyclic) bond motifs is 1. The van der Waals surface area contributed by atoms with Crippen molar-refractivity contribution in [3.63, 3.8) is 0 Å². The van der Waals surface area contributed by atoms with E-state index < -0.39 is 5.69 Å². The minimum absolute atomic E-state index is 0.383. The number of likely N-dealkylation sites (N-methyl/N-ethyl adjacent to an activating group) is 1. The van der Waals surface area contributed by atoms with Gasteiger partial charge in [-0.15, -0.1) is 0 Å². The van der Waals surface area contributed by atoms with Crippen LogP contribution in [0.1, 0.15) is 27.2 Å². The molecule has 8 heteroatoms. The Morgan fingerprint density at radius 3 is 2.52 bits per heavy atom. The average Bonchev–Trinajstić information content (AvgIpc) is 2.89. The first-order valence-corrected chi connectivity index (χ1v) is 8.30. The molecule has 0 atom stereocenters. The van der Waals surface area contributed by atoms with Gasteiger partial charge in [0.2, 0.25) is 5.95 Å². The second kappa shape index (κ2) is 7.45. The predicted molar refractivity (Wildman–Crippen MR) is 91.3 cm³/mol. The highest BCUT2D eigenvalue weighted by Gasteiger charge is 2.16. The lowest BCUT2D eigenvalue weighted by Gasteiger charge is -2.16. The fourth-order valence-electron chi connectivity index (χ4n) is 2.77. The van der Waals surface area contributed by atoms with Gasteiger partial charge >= 0.3 is 5.69 Å². The van der Waals surface area contributed by atoms with E-state index in [2.05, 4.69) is 29.1 Å². The second-order valence-corrected chi connectivity index (χ2v) is 5.71. The Hall–Kier alpha value is -2.09. The SMILES string of the molecule is CCCn1c(NCC[NH+](CC)CC)nc2c1c(=O)[nH]c(=O)n2C. The number of H-pyrrole nitrogens is 1. The Kier molecular flexibility index (Phi) is 5.59. The zero-order chi connectivity index (χ0) is 17.0. The molecule has 3 N–H and O–H groups in total. The second-order valence-electron chi connectivity index (χ2n) is 5.71. The van der Waals surface area contributed by atoms with Crippen LogP contribution < -0.4 is 21.5 Å². The third-order valence-corrected chi connectivity index (χ3v) is 4.22. The first kappa shape index (κ1) is 17.3. The third kappa shape index (κ3) is 3.47. The number of aromatic amines is 1. The molecule has 2 rings (SSSR count). The van der Waals surface area contributed by atoms with Gasteiger partial charge in [0.25, 0.3) is 5.56 Å². The molecule has 0 saturated carbocycles. The summed E-state index contributed by atoms with van der Waals surface area (Å²) in [5.41, 5.74) is 0.0470. The van der Waals surface area contributed by atoms with E-state index in [-0.39, 0.29) is 5.56 Å². The number of aromatic nitrogens is 4. The Bertz CT molecular complexity index is 769. The van der Waals surface area contributed by atoms with Crippen LogP contribution in [-0.2, 0) is 13.6 Å². The van der Waals surface area contributed by atoms with Crippen LogP contribution in [0.3, 0.4) is 0 Å². The number of aryl methyl sites for hydroxylation is 2. The van der Waals surface area contributed by atoms with Gasteiger partial charge in [-0.05, 0) is 20.3 Å². The van der Waals surface area contributed by atoms with Crippen molar-refractivity contribution in [2.24, 2.45) is 7.05 Å². The van der Waals surface area contributed by atoms with Crippen molar-refractivity contribution < 1.29 is 4.90 Å². The molecule has 23 heavy (non-hydrogen) atoms. The maximum Gasteiger partial charge on any atom is 0.329 e. The van der Waals surface area contributed by atoms with Crippen molar-refractivity contribution in [1.82, 2.24) is 19.1 Å². The maximum atomic E-state index is 12.2. The van der Waals surface area contributed by atoms with Crippen LogP contribution >= 0.6 is 0 Å². The van der Waals surface area contributed by atoms with E-state index in [9.17, 15) is 9.59 Å². The van der Waals surface area contributed by atoms with E-state index in [1.54, 1.807) is 7.05 Å². The Labute approximate surface area is 135 Å². The van der Waals surface area contributed by atoms with Crippen molar-refractivity contribution in [3.8, 4) is 0 Å². The molecule has 2 aromatic rings. The number of nitrogens with zero attached hydrogens (tertiary/aromatic N) is 3. The average molecular weight is 323 g/mol. The van der Waals surface area contributed by atoms with Gasteiger partial charge in [0.1, 0.15) is 0 Å². The maximum absolute atomic E-state index is 12.2. The molecule has 0 amide bonds. The van der Waals surface area contributed by atoms with E-state index in [4.69, 9.17) is 0 Å². The summed E-state index contributed by atoms with van der Waals surface area (Å²) < 4.78 is 3.24. The zero-order valence-corrected chi connectivity index (χ0v) is 14.4. The van der Waals surface area contributed by atoms with Gasteiger partial charge < -0.3 is 14.8 Å². The highest BCUT2D eigenvalue weighted by atomic mass is 16.2. The molecule has 0 aliphatic carbocycles. The summed E-state index contributed by atoms with van der Waals surface area (Å²) in [5, 5.41) is 3.32. The van der Waals surface area contributed by atoms with Gasteiger partial charge in [-0.2, -0.15) is 4.98 Å². The standard InChI is InChI=1S/C15H26N6O2/c1-5-9-21-11-12(19(4)15(23)18-13(11)22)17-14(21)16-8-10-20(6-2)7-3/h5-10H2,1-4H3,(H,16,17)(H,18,22,23)/p+1. The molecule has 0 fully saturated rings. The third-order valence-electron chi connectivity index (χ3n) is 4.22. The van der Waals surface area contributed by atoms with Crippen LogP contribution in [0.2, 0.25) is 0 Å². The van der Waals surface area contributed by atoms with E-state index in [0.29, 0.717) is 23.7 Å². The molecule has 0 bridgehead atoms. The van der Waals surface area contributed by atoms with E-state index in [0.717, 1.165) is 32.6 Å². The van der Waals surface area contributed by atoms with Gasteiger partial charge in [-0.1, -0.05) is 6.92 Å². The fraction of sp³-hybridized carbons (Fsp3) is 0.667. The molecule has 0 spiro atoms. The van der Waals surface area contributed by atoms with Crippen molar-refractivity contribution in [2.45, 2.75) is 33.7 Å². The summed E-state index contributed by atoms with van der Waals surface area (Å²) in [5.74, 6) is 0.653. The Balaban J connectivity index is 2.37. The van der Waals surface area contributed by atoms with E-state index in [1.165, 1.54) is 9.47 Å². The molecule has 2 aromatic heterocycles. The molecule has 128 valence electrons.